The van der Waals surface area contributed by atoms with Gasteiger partial charge in [0.15, 0.2) is 0 Å². The molecular formula is C15H22BrNO4. The molecular weight excluding hydrogens is 338 g/mol. The molecule has 1 saturated heterocycles. The van der Waals surface area contributed by atoms with E-state index in [1.807, 2.05) is 12.1 Å². The van der Waals surface area contributed by atoms with E-state index in [9.17, 15) is 5.11 Å². The maximum atomic E-state index is 9.28. The largest absolute Gasteiger partial charge is 0.496 e. The molecule has 1 aromatic carbocycles. The Labute approximate surface area is 133 Å². The minimum Gasteiger partial charge on any atom is -0.496 e. The zero-order chi connectivity index (χ0) is 15.4. The summed E-state index contributed by atoms with van der Waals surface area (Å²) in [5.74, 6) is 1.60. The first kappa shape index (κ1) is 16.5. The van der Waals surface area contributed by atoms with Crippen LogP contribution in [-0.2, 0) is 11.3 Å². The molecule has 1 aliphatic heterocycles. The molecule has 0 bridgehead atoms. The van der Waals surface area contributed by atoms with E-state index < -0.39 is 0 Å². The maximum Gasteiger partial charge on any atom is 0.133 e. The van der Waals surface area contributed by atoms with Gasteiger partial charge in [0.1, 0.15) is 11.5 Å². The van der Waals surface area contributed by atoms with Gasteiger partial charge < -0.3 is 19.3 Å². The van der Waals surface area contributed by atoms with Crippen LogP contribution in [0.15, 0.2) is 16.6 Å². The number of halogens is 1. The Morgan fingerprint density at radius 2 is 2.05 bits per heavy atom. The Hall–Kier alpha value is -0.820. The molecule has 0 aromatic heterocycles. The highest BCUT2D eigenvalue weighted by Gasteiger charge is 2.26. The van der Waals surface area contributed by atoms with Crippen LogP contribution in [-0.4, -0.2) is 56.1 Å². The number of nitrogens with zero attached hydrogens (tertiary/aromatic N) is 1. The number of rotatable bonds is 5. The molecule has 1 aromatic rings. The number of ether oxygens (including phenoxy) is 3. The van der Waals surface area contributed by atoms with Crippen LogP contribution in [0.25, 0.3) is 0 Å². The normalized spacial score (nSPS) is 23.1. The molecule has 0 amide bonds. The molecule has 2 unspecified atom stereocenters. The highest BCUT2D eigenvalue weighted by Crippen LogP contribution is 2.34. The predicted octanol–water partition coefficient (Wildman–Crippen LogP) is 2.05. The molecule has 1 fully saturated rings. The van der Waals surface area contributed by atoms with Gasteiger partial charge in [-0.05, 0) is 35.0 Å². The molecule has 1 N–H and O–H groups in total. The van der Waals surface area contributed by atoms with E-state index >= 15 is 0 Å². The Morgan fingerprint density at radius 3 is 2.67 bits per heavy atom. The second kappa shape index (κ2) is 7.45. The quantitative estimate of drug-likeness (QED) is 0.871. The third-order valence-electron chi connectivity index (χ3n) is 3.77. The monoisotopic (exact) mass is 359 g/mol. The summed E-state index contributed by atoms with van der Waals surface area (Å²) in [6.07, 6.45) is -0.121. The van der Waals surface area contributed by atoms with Crippen molar-refractivity contribution < 1.29 is 19.3 Å². The molecule has 0 radical (unpaired) electrons. The molecule has 2 atom stereocenters. The highest BCUT2D eigenvalue weighted by atomic mass is 79.9. The third-order valence-corrected chi connectivity index (χ3v) is 4.39. The van der Waals surface area contributed by atoms with Crippen LogP contribution in [0.5, 0.6) is 11.5 Å². The molecule has 2 rings (SSSR count). The Bertz CT molecular complexity index is 483. The molecule has 6 heteroatoms. The zero-order valence-corrected chi connectivity index (χ0v) is 14.2. The summed E-state index contributed by atoms with van der Waals surface area (Å²) < 4.78 is 17.3. The van der Waals surface area contributed by atoms with Crippen molar-refractivity contribution in [3.63, 3.8) is 0 Å². The van der Waals surface area contributed by atoms with Crippen molar-refractivity contribution in [2.24, 2.45) is 0 Å². The van der Waals surface area contributed by atoms with Gasteiger partial charge in [-0.15, -0.1) is 0 Å². The average Bonchev–Trinajstić information content (AvgIpc) is 2.50. The van der Waals surface area contributed by atoms with Crippen LogP contribution < -0.4 is 9.47 Å². The lowest BCUT2D eigenvalue weighted by Gasteiger charge is -2.37. The van der Waals surface area contributed by atoms with E-state index in [4.69, 9.17) is 14.2 Å². The second-order valence-electron chi connectivity index (χ2n) is 5.21. The topological polar surface area (TPSA) is 51.2 Å². The van der Waals surface area contributed by atoms with E-state index in [-0.39, 0.29) is 12.7 Å². The average molecular weight is 360 g/mol. The number of aliphatic hydroxyl groups excluding tert-OH is 1. The van der Waals surface area contributed by atoms with E-state index in [0.717, 1.165) is 28.1 Å². The van der Waals surface area contributed by atoms with Crippen LogP contribution in [0.2, 0.25) is 0 Å². The molecule has 0 aliphatic carbocycles. The van der Waals surface area contributed by atoms with Gasteiger partial charge in [-0.25, -0.2) is 0 Å². The minimum absolute atomic E-state index is 0.0456. The molecule has 21 heavy (non-hydrogen) atoms. The summed E-state index contributed by atoms with van der Waals surface area (Å²) in [4.78, 5) is 2.29. The van der Waals surface area contributed by atoms with Gasteiger partial charge in [0, 0.05) is 24.7 Å². The van der Waals surface area contributed by atoms with Gasteiger partial charge >= 0.3 is 0 Å². The predicted molar refractivity (Wildman–Crippen MR) is 83.9 cm³/mol. The van der Waals surface area contributed by atoms with Gasteiger partial charge in [0.25, 0.3) is 0 Å². The van der Waals surface area contributed by atoms with Crippen LogP contribution in [0.1, 0.15) is 12.5 Å². The van der Waals surface area contributed by atoms with Gasteiger partial charge in [0.2, 0.25) is 0 Å². The Kier molecular flexibility index (Phi) is 5.87. The van der Waals surface area contributed by atoms with Gasteiger partial charge in [-0.2, -0.15) is 0 Å². The van der Waals surface area contributed by atoms with Crippen molar-refractivity contribution in [2.75, 3.05) is 34.0 Å². The van der Waals surface area contributed by atoms with E-state index in [0.29, 0.717) is 19.2 Å². The van der Waals surface area contributed by atoms with Crippen molar-refractivity contribution in [1.29, 1.82) is 0 Å². The van der Waals surface area contributed by atoms with Crippen LogP contribution >= 0.6 is 15.9 Å². The van der Waals surface area contributed by atoms with Crippen LogP contribution in [0.4, 0.5) is 0 Å². The number of benzene rings is 1. The number of morpholine rings is 1. The van der Waals surface area contributed by atoms with Crippen LogP contribution in [0, 0.1) is 0 Å². The molecule has 1 heterocycles. The van der Waals surface area contributed by atoms with Gasteiger partial charge in [-0.1, -0.05) is 0 Å². The molecule has 1 aliphatic rings. The lowest BCUT2D eigenvalue weighted by Crippen LogP contribution is -2.48. The summed E-state index contributed by atoms with van der Waals surface area (Å²) in [7, 11) is 3.31. The highest BCUT2D eigenvalue weighted by molar-refractivity contribution is 9.10. The summed E-state index contributed by atoms with van der Waals surface area (Å²) in [5, 5.41) is 9.28. The van der Waals surface area contributed by atoms with Crippen molar-refractivity contribution in [1.82, 2.24) is 4.90 Å². The molecule has 5 nitrogen and oxygen atoms in total. The van der Waals surface area contributed by atoms with Crippen molar-refractivity contribution in [2.45, 2.75) is 25.6 Å². The number of aliphatic hydroxyl groups is 1. The van der Waals surface area contributed by atoms with Crippen molar-refractivity contribution in [3.8, 4) is 11.5 Å². The molecule has 0 saturated carbocycles. The molecule has 118 valence electrons. The summed E-state index contributed by atoms with van der Waals surface area (Å²) in [6.45, 7) is 4.23. The second-order valence-corrected chi connectivity index (χ2v) is 6.07. The van der Waals surface area contributed by atoms with Crippen LogP contribution in [0.3, 0.4) is 0 Å². The van der Waals surface area contributed by atoms with E-state index in [2.05, 4.69) is 27.8 Å². The summed E-state index contributed by atoms with van der Waals surface area (Å²) in [5.41, 5.74) is 1.06. The Morgan fingerprint density at radius 1 is 1.33 bits per heavy atom. The number of hydrogen-bond acceptors (Lipinski definition) is 5. The first-order valence-electron chi connectivity index (χ1n) is 6.96. The Balaban J connectivity index is 2.20. The summed E-state index contributed by atoms with van der Waals surface area (Å²) >= 11 is 3.47. The van der Waals surface area contributed by atoms with Crippen molar-refractivity contribution >= 4 is 15.9 Å². The molecule has 0 spiro atoms. The smallest absolute Gasteiger partial charge is 0.133 e. The number of methoxy groups -OCH3 is 2. The first-order chi connectivity index (χ1) is 10.1. The van der Waals surface area contributed by atoms with E-state index in [1.165, 1.54) is 0 Å². The fraction of sp³-hybridized carbons (Fsp3) is 0.600. The maximum absolute atomic E-state index is 9.28. The lowest BCUT2D eigenvalue weighted by atomic mass is 10.1. The fourth-order valence-electron chi connectivity index (χ4n) is 2.47. The minimum atomic E-state index is -0.121. The van der Waals surface area contributed by atoms with Gasteiger partial charge in [-0.3, -0.25) is 4.90 Å². The number of hydrogen-bond donors (Lipinski definition) is 1. The summed E-state index contributed by atoms with van der Waals surface area (Å²) in [6, 6.07) is 4.20. The third kappa shape index (κ3) is 3.88. The first-order valence-corrected chi connectivity index (χ1v) is 7.75. The van der Waals surface area contributed by atoms with Crippen molar-refractivity contribution in [3.05, 3.63) is 22.2 Å². The van der Waals surface area contributed by atoms with Gasteiger partial charge in [0.05, 0.1) is 38.0 Å². The zero-order valence-electron chi connectivity index (χ0n) is 12.6. The fourth-order valence-corrected chi connectivity index (χ4v) is 2.96. The lowest BCUT2D eigenvalue weighted by molar-refractivity contribution is -0.0806. The van der Waals surface area contributed by atoms with E-state index in [1.54, 1.807) is 14.2 Å². The SMILES string of the molecule is COc1cc(CN2CC(CO)OCC2C)c(OC)cc1Br. The standard InChI is InChI=1S/C15H22BrNO4/c1-10-9-21-12(8-18)7-17(10)6-11-4-15(20-3)13(16)5-14(11)19-2/h4-5,10,12,18H,6-9H2,1-3H3.